The third-order valence-electron chi connectivity index (χ3n) is 5.75. The van der Waals surface area contributed by atoms with Crippen molar-refractivity contribution < 1.29 is 19.1 Å². The van der Waals surface area contributed by atoms with Gasteiger partial charge in [-0.15, -0.1) is 0 Å². The Bertz CT molecular complexity index is 1510. The second-order valence-corrected chi connectivity index (χ2v) is 10.1. The zero-order chi connectivity index (χ0) is 24.1. The average molecular weight is 537 g/mol. The molecule has 1 amide bonds. The van der Waals surface area contributed by atoms with Gasteiger partial charge in [0.25, 0.3) is 5.78 Å². The van der Waals surface area contributed by atoms with Crippen molar-refractivity contribution in [1.29, 1.82) is 0 Å². The van der Waals surface area contributed by atoms with Crippen LogP contribution in [-0.4, -0.2) is 21.8 Å². The van der Waals surface area contributed by atoms with Crippen molar-refractivity contribution in [3.63, 3.8) is 0 Å². The maximum atomic E-state index is 13.5. The number of carbonyl (C=O) groups is 2. The molecular weight excluding hydrogens is 519 g/mol. The lowest BCUT2D eigenvalue weighted by atomic mass is 9.95. The molecule has 8 heteroatoms. The third kappa shape index (κ3) is 3.73. The van der Waals surface area contributed by atoms with Gasteiger partial charge >= 0.3 is 5.91 Å². The van der Waals surface area contributed by atoms with Gasteiger partial charge in [-0.3, -0.25) is 14.5 Å². The molecule has 0 radical (unpaired) electrons. The van der Waals surface area contributed by atoms with E-state index in [1.165, 1.54) is 40.5 Å². The van der Waals surface area contributed by atoms with Crippen molar-refractivity contribution >= 4 is 60.1 Å². The normalized spacial score (nSPS) is 17.6. The molecule has 5 rings (SSSR count). The fourth-order valence-corrected chi connectivity index (χ4v) is 5.83. The number of carbonyl (C=O) groups excluding carboxylic acids is 2. The summed E-state index contributed by atoms with van der Waals surface area (Å²) in [7, 11) is 0. The molecule has 0 unspecified atom stereocenters. The molecule has 3 aromatic carbocycles. The van der Waals surface area contributed by atoms with Crippen LogP contribution in [0.15, 0.2) is 70.7 Å². The number of Topliss-reactive ketones (excluding diaryl/α,β-unsaturated/α-hetero) is 1. The lowest BCUT2D eigenvalue weighted by Crippen LogP contribution is -2.29. The molecule has 0 spiro atoms. The molecule has 1 saturated heterocycles. The number of nitrogens with zero attached hydrogens (tertiary/aromatic N) is 2. The van der Waals surface area contributed by atoms with Gasteiger partial charge in [0.1, 0.15) is 11.6 Å². The van der Waals surface area contributed by atoms with Crippen LogP contribution in [-0.2, 0) is 9.59 Å². The van der Waals surface area contributed by atoms with E-state index in [9.17, 15) is 19.1 Å². The van der Waals surface area contributed by atoms with E-state index >= 15 is 0 Å². The molecule has 4 aromatic rings. The van der Waals surface area contributed by atoms with Crippen LogP contribution in [0.5, 0.6) is 0 Å². The number of hydrogen-bond acceptors (Lipinski definition) is 5. The third-order valence-corrected chi connectivity index (χ3v) is 7.25. The standard InChI is InChI=1S/C26H18BrFN2O3S/c1-13-10-14(2)21-19(11-13)34-26(29-21)30-22(16-4-3-5-17(27)12-16)20(24(32)25(30)33)23(31)15-6-8-18(28)9-7-15/h3-12,22,31H,1-2H3/t22-/m0/s1. The first-order valence-corrected chi connectivity index (χ1v) is 12.1. The first-order valence-electron chi connectivity index (χ1n) is 10.4. The second-order valence-electron chi connectivity index (χ2n) is 8.16. The number of benzene rings is 3. The molecule has 0 saturated carbocycles. The van der Waals surface area contributed by atoms with Crippen LogP contribution in [0, 0.1) is 19.7 Å². The molecule has 2 heterocycles. The van der Waals surface area contributed by atoms with Crippen LogP contribution >= 0.6 is 27.3 Å². The van der Waals surface area contributed by atoms with E-state index < -0.39 is 23.5 Å². The predicted molar refractivity (Wildman–Crippen MR) is 134 cm³/mol. The number of anilines is 1. The Morgan fingerprint density at radius 3 is 2.53 bits per heavy atom. The van der Waals surface area contributed by atoms with Gasteiger partial charge in [-0.2, -0.15) is 0 Å². The zero-order valence-electron chi connectivity index (χ0n) is 18.2. The number of amides is 1. The Morgan fingerprint density at radius 1 is 1.09 bits per heavy atom. The molecule has 170 valence electrons. The summed E-state index contributed by atoms with van der Waals surface area (Å²) in [6.07, 6.45) is 0. The average Bonchev–Trinajstić information content (AvgIpc) is 3.33. The summed E-state index contributed by atoms with van der Waals surface area (Å²) in [5.74, 6) is -2.43. The zero-order valence-corrected chi connectivity index (χ0v) is 20.6. The maximum Gasteiger partial charge on any atom is 0.301 e. The van der Waals surface area contributed by atoms with Gasteiger partial charge in [0.2, 0.25) is 0 Å². The Hall–Kier alpha value is -3.36. The van der Waals surface area contributed by atoms with Crippen LogP contribution < -0.4 is 4.90 Å². The van der Waals surface area contributed by atoms with Crippen molar-refractivity contribution in [3.8, 4) is 0 Å². The highest BCUT2D eigenvalue weighted by Crippen LogP contribution is 2.45. The minimum absolute atomic E-state index is 0.0677. The highest BCUT2D eigenvalue weighted by atomic mass is 79.9. The molecule has 1 aliphatic heterocycles. The van der Waals surface area contributed by atoms with Gasteiger partial charge in [-0.05, 0) is 73.0 Å². The largest absolute Gasteiger partial charge is 0.507 e. The number of aliphatic hydroxyl groups is 1. The van der Waals surface area contributed by atoms with E-state index in [0.29, 0.717) is 10.7 Å². The van der Waals surface area contributed by atoms with Crippen molar-refractivity contribution in [2.45, 2.75) is 19.9 Å². The summed E-state index contributed by atoms with van der Waals surface area (Å²) in [6.45, 7) is 3.94. The van der Waals surface area contributed by atoms with Crippen LogP contribution in [0.25, 0.3) is 16.0 Å². The monoisotopic (exact) mass is 536 g/mol. The fourth-order valence-electron chi connectivity index (χ4n) is 4.25. The number of aryl methyl sites for hydroxylation is 2. The van der Waals surface area contributed by atoms with Crippen molar-refractivity contribution in [2.75, 3.05) is 4.90 Å². The SMILES string of the molecule is Cc1cc(C)c2nc(N3C(=O)C(=O)C(=C(O)c4ccc(F)cc4)[C@@H]3c3cccc(Br)c3)sc2c1. The highest BCUT2D eigenvalue weighted by Gasteiger charge is 2.48. The molecule has 1 atom stereocenters. The first-order chi connectivity index (χ1) is 16.2. The number of halogens is 2. The lowest BCUT2D eigenvalue weighted by Gasteiger charge is -2.23. The van der Waals surface area contributed by atoms with E-state index in [-0.39, 0.29) is 16.9 Å². The molecule has 34 heavy (non-hydrogen) atoms. The van der Waals surface area contributed by atoms with Gasteiger partial charge < -0.3 is 5.11 Å². The number of rotatable bonds is 3. The van der Waals surface area contributed by atoms with Crippen LogP contribution in [0.4, 0.5) is 9.52 Å². The van der Waals surface area contributed by atoms with E-state index in [2.05, 4.69) is 15.9 Å². The van der Waals surface area contributed by atoms with Crippen LogP contribution in [0.2, 0.25) is 0 Å². The number of aromatic nitrogens is 1. The Kier molecular flexibility index (Phi) is 5.58. The first kappa shape index (κ1) is 22.4. The fraction of sp³-hybridized carbons (Fsp3) is 0.115. The minimum Gasteiger partial charge on any atom is -0.507 e. The van der Waals surface area contributed by atoms with Crippen molar-refractivity contribution in [3.05, 3.63) is 98.8 Å². The molecule has 1 aliphatic rings. The van der Waals surface area contributed by atoms with Gasteiger partial charge in [0.15, 0.2) is 5.13 Å². The number of aliphatic hydroxyl groups excluding tert-OH is 1. The van der Waals surface area contributed by atoms with E-state index in [1.807, 2.05) is 32.0 Å². The molecule has 1 fully saturated rings. The number of fused-ring (bicyclic) bond motifs is 1. The number of ketones is 1. The summed E-state index contributed by atoms with van der Waals surface area (Å²) < 4.78 is 15.1. The Balaban J connectivity index is 1.75. The van der Waals surface area contributed by atoms with Gasteiger partial charge in [-0.1, -0.05) is 45.5 Å². The summed E-state index contributed by atoms with van der Waals surface area (Å²) in [5.41, 5.74) is 3.61. The van der Waals surface area contributed by atoms with Gasteiger partial charge in [0.05, 0.1) is 21.8 Å². The van der Waals surface area contributed by atoms with Crippen LogP contribution in [0.1, 0.15) is 28.3 Å². The number of hydrogen-bond donors (Lipinski definition) is 1. The summed E-state index contributed by atoms with van der Waals surface area (Å²) >= 11 is 4.77. The van der Waals surface area contributed by atoms with E-state index in [1.54, 1.807) is 18.2 Å². The van der Waals surface area contributed by atoms with Gasteiger partial charge in [-0.25, -0.2) is 9.37 Å². The van der Waals surface area contributed by atoms with E-state index in [4.69, 9.17) is 4.98 Å². The Morgan fingerprint density at radius 2 is 1.82 bits per heavy atom. The highest BCUT2D eigenvalue weighted by molar-refractivity contribution is 9.10. The quantitative estimate of drug-likeness (QED) is 0.186. The summed E-state index contributed by atoms with van der Waals surface area (Å²) in [4.78, 5) is 32.6. The molecule has 5 nitrogen and oxygen atoms in total. The van der Waals surface area contributed by atoms with Crippen molar-refractivity contribution in [2.24, 2.45) is 0 Å². The van der Waals surface area contributed by atoms with Crippen LogP contribution in [0.3, 0.4) is 0 Å². The van der Waals surface area contributed by atoms with Gasteiger partial charge in [0, 0.05) is 10.0 Å². The lowest BCUT2D eigenvalue weighted by molar-refractivity contribution is -0.132. The predicted octanol–water partition coefficient (Wildman–Crippen LogP) is 6.44. The molecule has 0 aliphatic carbocycles. The minimum atomic E-state index is -0.899. The topological polar surface area (TPSA) is 70.5 Å². The smallest absolute Gasteiger partial charge is 0.301 e. The molecule has 1 aromatic heterocycles. The van der Waals surface area contributed by atoms with Crippen molar-refractivity contribution in [1.82, 2.24) is 4.98 Å². The number of thiazole rings is 1. The second kappa shape index (κ2) is 8.45. The molecular formula is C26H18BrFN2O3S. The van der Waals surface area contributed by atoms with E-state index in [0.717, 1.165) is 25.8 Å². The maximum absolute atomic E-state index is 13.5. The molecule has 1 N–H and O–H groups in total. The Labute approximate surface area is 207 Å². The molecule has 0 bridgehead atoms. The summed E-state index contributed by atoms with van der Waals surface area (Å²) in [6, 6.07) is 15.5. The summed E-state index contributed by atoms with van der Waals surface area (Å²) in [5, 5.41) is 11.5.